The van der Waals surface area contributed by atoms with Crippen LogP contribution in [0.15, 0.2) is 42.7 Å². The number of nitrogens with zero attached hydrogens (tertiary/aromatic N) is 2. The fourth-order valence-corrected chi connectivity index (χ4v) is 4.49. The number of ether oxygens (including phenoxy) is 2. The second-order valence-electron chi connectivity index (χ2n) is 7.06. The van der Waals surface area contributed by atoms with Crippen LogP contribution in [-0.4, -0.2) is 28.1 Å². The van der Waals surface area contributed by atoms with Crippen molar-refractivity contribution in [3.05, 3.63) is 70.8 Å². The van der Waals surface area contributed by atoms with Gasteiger partial charge in [0.25, 0.3) is 12.9 Å². The summed E-state index contributed by atoms with van der Waals surface area (Å²) >= 11 is 0. The zero-order valence-corrected chi connectivity index (χ0v) is 16.1. The number of carbonyl (C=O) groups is 2. The maximum absolute atomic E-state index is 10.8. The first-order valence-electron chi connectivity index (χ1n) is 9.57. The van der Waals surface area contributed by atoms with Crippen LogP contribution in [0, 0.1) is 0 Å². The summed E-state index contributed by atoms with van der Waals surface area (Å²) in [5.74, 6) is 1.78. The Morgan fingerprint density at radius 2 is 1.59 bits per heavy atom. The third-order valence-electron chi connectivity index (χ3n) is 5.55. The van der Waals surface area contributed by atoms with Crippen molar-refractivity contribution in [2.75, 3.05) is 0 Å². The van der Waals surface area contributed by atoms with Crippen molar-refractivity contribution in [1.82, 2.24) is 15.2 Å². The maximum atomic E-state index is 10.8. The minimum Gasteiger partial charge on any atom is -0.429 e. The summed E-state index contributed by atoms with van der Waals surface area (Å²) in [6, 6.07) is 11.5. The van der Waals surface area contributed by atoms with Gasteiger partial charge in [0.1, 0.15) is 23.7 Å². The van der Waals surface area contributed by atoms with Gasteiger partial charge in [0, 0.05) is 0 Å². The van der Waals surface area contributed by atoms with Gasteiger partial charge in [-0.3, -0.25) is 9.59 Å². The lowest BCUT2D eigenvalue weighted by atomic mass is 9.69. The van der Waals surface area contributed by atoms with E-state index in [-0.39, 0.29) is 0 Å². The van der Waals surface area contributed by atoms with Crippen molar-refractivity contribution in [2.45, 2.75) is 38.0 Å². The fourth-order valence-electron chi connectivity index (χ4n) is 4.49. The number of aromatic nitrogens is 3. The molecule has 1 aliphatic rings. The van der Waals surface area contributed by atoms with Gasteiger partial charge in [0.05, 0.1) is 5.41 Å². The summed E-state index contributed by atoms with van der Waals surface area (Å²) in [5, 5.41) is 8.45. The van der Waals surface area contributed by atoms with Gasteiger partial charge in [-0.2, -0.15) is 0 Å². The largest absolute Gasteiger partial charge is 0.429 e. The van der Waals surface area contributed by atoms with Gasteiger partial charge >= 0.3 is 0 Å². The molecule has 0 saturated heterocycles. The lowest BCUT2D eigenvalue weighted by Crippen LogP contribution is -2.32. The molecule has 1 aliphatic carbocycles. The zero-order valence-electron chi connectivity index (χ0n) is 16.1. The molecule has 0 radical (unpaired) electrons. The summed E-state index contributed by atoms with van der Waals surface area (Å²) in [5.41, 5.74) is 3.85. The van der Waals surface area contributed by atoms with Crippen LogP contribution < -0.4 is 9.47 Å². The number of nitrogens with one attached hydrogen (secondary N) is 1. The molecule has 0 amide bonds. The van der Waals surface area contributed by atoms with Crippen molar-refractivity contribution in [3.8, 4) is 11.5 Å². The lowest BCUT2D eigenvalue weighted by molar-refractivity contribution is -0.121. The van der Waals surface area contributed by atoms with Crippen LogP contribution in [0.2, 0.25) is 0 Å². The molecule has 0 bridgehead atoms. The first-order valence-corrected chi connectivity index (χ1v) is 9.57. The highest BCUT2D eigenvalue weighted by Crippen LogP contribution is 2.47. The van der Waals surface area contributed by atoms with Crippen LogP contribution in [0.3, 0.4) is 0 Å². The van der Waals surface area contributed by atoms with E-state index in [1.54, 1.807) is 6.33 Å². The molecular weight excluding hydrogens is 370 g/mol. The van der Waals surface area contributed by atoms with E-state index in [0.717, 1.165) is 53.8 Å². The number of H-pyrrole nitrogens is 1. The standard InChI is InChI=1S/C22H21N3O4/c1-2-9-22(21-23-12-24-25-21)19-7-5-17(28-13-26)10-15(19)3-4-16-11-18(29-14-27)6-8-20(16)22/h5-8,10-14H,2-4,9H2,1H3,(H,23,24,25). The summed E-state index contributed by atoms with van der Waals surface area (Å²) in [4.78, 5) is 24.9. The second-order valence-corrected chi connectivity index (χ2v) is 7.06. The minimum atomic E-state index is -0.536. The predicted molar refractivity (Wildman–Crippen MR) is 105 cm³/mol. The number of aryl methyl sites for hydroxylation is 2. The van der Waals surface area contributed by atoms with Gasteiger partial charge < -0.3 is 14.5 Å². The number of hydrogen-bond donors (Lipinski definition) is 1. The maximum Gasteiger partial charge on any atom is 0.298 e. The molecule has 29 heavy (non-hydrogen) atoms. The molecule has 4 rings (SSSR count). The third-order valence-corrected chi connectivity index (χ3v) is 5.55. The first kappa shape index (κ1) is 18.9. The van der Waals surface area contributed by atoms with Crippen LogP contribution in [0.1, 0.15) is 47.8 Å². The van der Waals surface area contributed by atoms with Gasteiger partial charge in [0.2, 0.25) is 0 Å². The van der Waals surface area contributed by atoms with E-state index in [0.29, 0.717) is 24.4 Å². The van der Waals surface area contributed by atoms with Crippen LogP contribution >= 0.6 is 0 Å². The van der Waals surface area contributed by atoms with Gasteiger partial charge in [-0.05, 0) is 65.8 Å². The Morgan fingerprint density at radius 1 is 1.00 bits per heavy atom. The molecule has 0 atom stereocenters. The summed E-state index contributed by atoms with van der Waals surface area (Å²) in [7, 11) is 0. The van der Waals surface area contributed by atoms with Crippen molar-refractivity contribution >= 4 is 12.9 Å². The van der Waals surface area contributed by atoms with E-state index < -0.39 is 5.41 Å². The van der Waals surface area contributed by atoms with E-state index in [4.69, 9.17) is 9.47 Å². The van der Waals surface area contributed by atoms with Gasteiger partial charge in [-0.15, -0.1) is 10.2 Å². The SMILES string of the molecule is CCCC1(c2nnc[nH]2)c2ccc(OC=O)cc2CCc2cc(OC=O)ccc21. The Labute approximate surface area is 168 Å². The quantitative estimate of drug-likeness (QED) is 0.622. The molecule has 1 aromatic heterocycles. The van der Waals surface area contributed by atoms with E-state index in [1.165, 1.54) is 0 Å². The molecule has 148 valence electrons. The van der Waals surface area contributed by atoms with E-state index in [2.05, 4.69) is 22.1 Å². The molecule has 0 unspecified atom stereocenters. The monoisotopic (exact) mass is 391 g/mol. The molecule has 0 spiro atoms. The normalized spacial score (nSPS) is 14.2. The van der Waals surface area contributed by atoms with Crippen molar-refractivity contribution < 1.29 is 19.1 Å². The highest BCUT2D eigenvalue weighted by molar-refractivity contribution is 5.58. The van der Waals surface area contributed by atoms with E-state index in [9.17, 15) is 9.59 Å². The number of hydrogen-bond acceptors (Lipinski definition) is 6. The molecule has 3 aromatic rings. The van der Waals surface area contributed by atoms with Crippen LogP contribution in [0.4, 0.5) is 0 Å². The van der Waals surface area contributed by atoms with Gasteiger partial charge in [-0.25, -0.2) is 0 Å². The molecule has 7 nitrogen and oxygen atoms in total. The number of benzene rings is 2. The van der Waals surface area contributed by atoms with Crippen molar-refractivity contribution in [2.24, 2.45) is 0 Å². The minimum absolute atomic E-state index is 0.436. The van der Waals surface area contributed by atoms with Crippen molar-refractivity contribution in [1.29, 1.82) is 0 Å². The number of carbonyl (C=O) groups excluding carboxylic acids is 2. The summed E-state index contributed by atoms with van der Waals surface area (Å²) < 4.78 is 10.2. The Balaban J connectivity index is 2.00. The van der Waals surface area contributed by atoms with Crippen LogP contribution in [0.25, 0.3) is 0 Å². The first-order chi connectivity index (χ1) is 14.2. The number of fused-ring (bicyclic) bond motifs is 2. The molecule has 0 saturated carbocycles. The molecule has 0 fully saturated rings. The van der Waals surface area contributed by atoms with Gasteiger partial charge in [0.15, 0.2) is 0 Å². The molecule has 1 N–H and O–H groups in total. The average molecular weight is 391 g/mol. The van der Waals surface area contributed by atoms with Crippen molar-refractivity contribution in [3.63, 3.8) is 0 Å². The van der Waals surface area contributed by atoms with Crippen LogP contribution in [-0.2, 0) is 27.8 Å². The Kier molecular flexibility index (Phi) is 5.12. The molecule has 2 aromatic carbocycles. The molecule has 0 aliphatic heterocycles. The summed E-state index contributed by atoms with van der Waals surface area (Å²) in [6.45, 7) is 3.01. The molecular formula is C22H21N3O4. The third kappa shape index (κ3) is 3.18. The second kappa shape index (κ2) is 7.87. The molecule has 1 heterocycles. The fraction of sp³-hybridized carbons (Fsp3) is 0.273. The van der Waals surface area contributed by atoms with E-state index >= 15 is 0 Å². The van der Waals surface area contributed by atoms with Crippen LogP contribution in [0.5, 0.6) is 11.5 Å². The number of rotatable bonds is 7. The highest BCUT2D eigenvalue weighted by atomic mass is 16.5. The lowest BCUT2D eigenvalue weighted by Gasteiger charge is -2.34. The zero-order chi connectivity index (χ0) is 20.3. The van der Waals surface area contributed by atoms with E-state index in [1.807, 2.05) is 36.4 Å². The smallest absolute Gasteiger partial charge is 0.298 e. The van der Waals surface area contributed by atoms with Gasteiger partial charge in [-0.1, -0.05) is 25.5 Å². The molecule has 7 heteroatoms. The number of aromatic amines is 1. The Morgan fingerprint density at radius 3 is 2.03 bits per heavy atom. The average Bonchev–Trinajstić information content (AvgIpc) is 3.23. The Bertz CT molecular complexity index is 969. The topological polar surface area (TPSA) is 94.2 Å². The predicted octanol–water partition coefficient (Wildman–Crippen LogP) is 3.11. The Hall–Kier alpha value is -3.48. The summed E-state index contributed by atoms with van der Waals surface area (Å²) in [6.07, 6.45) is 4.82. The highest BCUT2D eigenvalue weighted by Gasteiger charge is 2.43.